The Kier molecular flexibility index (Phi) is 2.43. The van der Waals surface area contributed by atoms with E-state index in [1.165, 1.54) is 0 Å². The van der Waals surface area contributed by atoms with Crippen LogP contribution in [0.5, 0.6) is 0 Å². The summed E-state index contributed by atoms with van der Waals surface area (Å²) >= 11 is 0. The predicted octanol–water partition coefficient (Wildman–Crippen LogP) is 2.55. The van der Waals surface area contributed by atoms with Gasteiger partial charge in [0.15, 0.2) is 0 Å². The van der Waals surface area contributed by atoms with E-state index in [4.69, 9.17) is 5.41 Å². The lowest BCUT2D eigenvalue weighted by atomic mass is 9.97. The van der Waals surface area contributed by atoms with Gasteiger partial charge in [0.25, 0.3) is 0 Å². The Morgan fingerprint density at radius 2 is 2.40 bits per heavy atom. The molecule has 0 aliphatic heterocycles. The largest absolute Gasteiger partial charge is 0.305 e. The minimum absolute atomic E-state index is 0.454. The molecule has 1 nitrogen and oxygen atoms in total. The molecule has 0 fully saturated rings. The minimum atomic E-state index is 0.454. The topological polar surface area (TPSA) is 23.9 Å². The molecule has 1 aliphatic rings. The van der Waals surface area contributed by atoms with Gasteiger partial charge >= 0.3 is 0 Å². The monoisotopic (exact) mass is 135 g/mol. The van der Waals surface area contributed by atoms with Gasteiger partial charge in [0.2, 0.25) is 0 Å². The van der Waals surface area contributed by atoms with Crippen LogP contribution in [0.3, 0.4) is 0 Å². The number of rotatable bonds is 1. The van der Waals surface area contributed by atoms with E-state index in [1.54, 1.807) is 0 Å². The average molecular weight is 135 g/mol. The highest BCUT2D eigenvalue weighted by Gasteiger charge is 2.08. The van der Waals surface area contributed by atoms with Gasteiger partial charge < -0.3 is 5.41 Å². The summed E-state index contributed by atoms with van der Waals surface area (Å²) in [5.74, 6) is 0.454. The summed E-state index contributed by atoms with van der Waals surface area (Å²) in [7, 11) is 0. The van der Waals surface area contributed by atoms with E-state index in [-0.39, 0.29) is 0 Å². The van der Waals surface area contributed by atoms with Crippen LogP contribution in [0.2, 0.25) is 0 Å². The molecular weight excluding hydrogens is 122 g/mol. The summed E-state index contributed by atoms with van der Waals surface area (Å²) in [4.78, 5) is 0. The normalized spacial score (nSPS) is 24.9. The molecule has 1 rings (SSSR count). The highest BCUT2D eigenvalue weighted by molar-refractivity contribution is 5.94. The van der Waals surface area contributed by atoms with Gasteiger partial charge in [-0.1, -0.05) is 25.2 Å². The lowest BCUT2D eigenvalue weighted by Gasteiger charge is -2.08. The first-order valence-corrected chi connectivity index (χ1v) is 3.76. The molecule has 0 spiro atoms. The average Bonchev–Trinajstić information content (AvgIpc) is 2.13. The Hall–Kier alpha value is -0.850. The van der Waals surface area contributed by atoms with E-state index in [2.05, 4.69) is 13.0 Å². The molecule has 0 saturated heterocycles. The molecule has 0 bridgehead atoms. The van der Waals surface area contributed by atoms with Gasteiger partial charge in [0.1, 0.15) is 0 Å². The van der Waals surface area contributed by atoms with Crippen LogP contribution in [0.4, 0.5) is 0 Å². The van der Waals surface area contributed by atoms with E-state index >= 15 is 0 Å². The molecule has 0 heterocycles. The van der Waals surface area contributed by atoms with E-state index in [0.29, 0.717) is 5.92 Å². The minimum Gasteiger partial charge on any atom is -0.305 e. The molecule has 10 heavy (non-hydrogen) atoms. The first kappa shape index (κ1) is 7.26. The Morgan fingerprint density at radius 3 is 3.10 bits per heavy atom. The van der Waals surface area contributed by atoms with Gasteiger partial charge in [0, 0.05) is 11.6 Å². The molecule has 0 aromatic carbocycles. The molecule has 1 heteroatoms. The Bertz CT molecular complexity index is 177. The van der Waals surface area contributed by atoms with Crippen molar-refractivity contribution in [1.82, 2.24) is 0 Å². The van der Waals surface area contributed by atoms with E-state index in [0.717, 1.165) is 18.6 Å². The Morgan fingerprint density at radius 1 is 1.60 bits per heavy atom. The van der Waals surface area contributed by atoms with Gasteiger partial charge in [-0.15, -0.1) is 0 Å². The summed E-state index contributed by atoms with van der Waals surface area (Å²) < 4.78 is 0. The maximum Gasteiger partial charge on any atom is 0.0347 e. The summed E-state index contributed by atoms with van der Waals surface area (Å²) in [6.45, 7) is 2.13. The SMILES string of the molecule is CCC1CC=CC=CC1=N. The quantitative estimate of drug-likeness (QED) is 0.571. The van der Waals surface area contributed by atoms with Crippen molar-refractivity contribution in [3.8, 4) is 0 Å². The molecule has 0 amide bonds. The van der Waals surface area contributed by atoms with E-state index in [9.17, 15) is 0 Å². The Balaban J connectivity index is 2.65. The first-order valence-electron chi connectivity index (χ1n) is 3.76. The third kappa shape index (κ3) is 1.56. The number of allylic oxidation sites excluding steroid dienone is 4. The van der Waals surface area contributed by atoms with Crippen molar-refractivity contribution in [3.63, 3.8) is 0 Å². The second-order valence-electron chi connectivity index (χ2n) is 2.58. The molecule has 1 aliphatic carbocycles. The van der Waals surface area contributed by atoms with Crippen LogP contribution in [0.1, 0.15) is 19.8 Å². The fraction of sp³-hybridized carbons (Fsp3) is 0.444. The van der Waals surface area contributed by atoms with Crippen molar-refractivity contribution in [2.24, 2.45) is 5.92 Å². The fourth-order valence-corrected chi connectivity index (χ4v) is 1.13. The zero-order chi connectivity index (χ0) is 7.40. The van der Waals surface area contributed by atoms with Gasteiger partial charge in [-0.05, 0) is 18.9 Å². The van der Waals surface area contributed by atoms with Gasteiger partial charge in [-0.25, -0.2) is 0 Å². The summed E-state index contributed by atoms with van der Waals surface area (Å²) in [6, 6.07) is 0. The highest BCUT2D eigenvalue weighted by atomic mass is 14.4. The predicted molar refractivity (Wildman–Crippen MR) is 44.4 cm³/mol. The van der Waals surface area contributed by atoms with Crippen molar-refractivity contribution < 1.29 is 0 Å². The lowest BCUT2D eigenvalue weighted by Crippen LogP contribution is -2.07. The maximum absolute atomic E-state index is 7.56. The maximum atomic E-state index is 7.56. The first-order chi connectivity index (χ1) is 4.84. The van der Waals surface area contributed by atoms with Crippen LogP contribution in [-0.2, 0) is 0 Å². The van der Waals surface area contributed by atoms with Crippen LogP contribution >= 0.6 is 0 Å². The number of hydrogen-bond donors (Lipinski definition) is 1. The van der Waals surface area contributed by atoms with Crippen LogP contribution < -0.4 is 0 Å². The fourth-order valence-electron chi connectivity index (χ4n) is 1.13. The lowest BCUT2D eigenvalue weighted by molar-refractivity contribution is 0.678. The Labute approximate surface area is 62.0 Å². The van der Waals surface area contributed by atoms with Crippen LogP contribution in [0.25, 0.3) is 0 Å². The molecule has 0 saturated carbocycles. The van der Waals surface area contributed by atoms with Crippen LogP contribution in [0.15, 0.2) is 24.3 Å². The van der Waals surface area contributed by atoms with Crippen molar-refractivity contribution in [2.75, 3.05) is 0 Å². The van der Waals surface area contributed by atoms with E-state index in [1.807, 2.05) is 18.2 Å². The van der Waals surface area contributed by atoms with E-state index < -0.39 is 0 Å². The second kappa shape index (κ2) is 3.35. The molecule has 54 valence electrons. The molecule has 0 aromatic heterocycles. The van der Waals surface area contributed by atoms with Crippen molar-refractivity contribution in [2.45, 2.75) is 19.8 Å². The standard InChI is InChI=1S/C9H13N/c1-2-8-6-4-3-5-7-9(8)10/h3-5,7-8,10H,2,6H2,1H3. The van der Waals surface area contributed by atoms with Crippen LogP contribution in [-0.4, -0.2) is 5.71 Å². The van der Waals surface area contributed by atoms with Crippen molar-refractivity contribution in [1.29, 1.82) is 5.41 Å². The summed E-state index contributed by atoms with van der Waals surface area (Å²) in [5.41, 5.74) is 0.771. The molecule has 0 radical (unpaired) electrons. The third-order valence-corrected chi connectivity index (χ3v) is 1.88. The molecule has 1 unspecified atom stereocenters. The summed E-state index contributed by atoms with van der Waals surface area (Å²) in [5, 5.41) is 7.56. The van der Waals surface area contributed by atoms with Crippen molar-refractivity contribution in [3.05, 3.63) is 24.3 Å². The molecule has 1 atom stereocenters. The zero-order valence-corrected chi connectivity index (χ0v) is 6.30. The van der Waals surface area contributed by atoms with Gasteiger partial charge in [0.05, 0.1) is 0 Å². The summed E-state index contributed by atoms with van der Waals surface area (Å²) in [6.07, 6.45) is 10.1. The van der Waals surface area contributed by atoms with Gasteiger partial charge in [-0.2, -0.15) is 0 Å². The zero-order valence-electron chi connectivity index (χ0n) is 6.30. The highest BCUT2D eigenvalue weighted by Crippen LogP contribution is 2.13. The molecule has 0 aromatic rings. The second-order valence-corrected chi connectivity index (χ2v) is 2.58. The molecular formula is C9H13N. The van der Waals surface area contributed by atoms with Crippen molar-refractivity contribution >= 4 is 5.71 Å². The molecule has 1 N–H and O–H groups in total. The number of hydrogen-bond acceptors (Lipinski definition) is 1. The van der Waals surface area contributed by atoms with Crippen LogP contribution in [0, 0.1) is 11.3 Å². The smallest absolute Gasteiger partial charge is 0.0347 e. The third-order valence-electron chi connectivity index (χ3n) is 1.88. The number of nitrogens with one attached hydrogen (secondary N) is 1. The van der Waals surface area contributed by atoms with Gasteiger partial charge in [-0.3, -0.25) is 0 Å².